The first kappa shape index (κ1) is 15.7. The molecule has 0 heterocycles. The molecule has 0 radical (unpaired) electrons. The number of carbonyl (C=O) groups excluding carboxylic acids is 3. The van der Waals surface area contributed by atoms with Crippen molar-refractivity contribution in [3.63, 3.8) is 0 Å². The molecule has 0 aliphatic rings. The summed E-state index contributed by atoms with van der Waals surface area (Å²) >= 11 is 0. The second-order valence-electron chi connectivity index (χ2n) is 4.23. The molecule has 0 atom stereocenters. The maximum Gasteiger partial charge on any atom is 0.323 e. The van der Waals surface area contributed by atoms with Gasteiger partial charge in [-0.3, -0.25) is 14.4 Å². The van der Waals surface area contributed by atoms with Gasteiger partial charge in [0.15, 0.2) is 0 Å². The number of likely N-dealkylation sites (N-methyl/N-ethyl adjacent to an activating group) is 1. The van der Waals surface area contributed by atoms with Crippen LogP contribution in [0.3, 0.4) is 0 Å². The van der Waals surface area contributed by atoms with Gasteiger partial charge in [0.25, 0.3) is 0 Å². The summed E-state index contributed by atoms with van der Waals surface area (Å²) in [6, 6.07) is 6.20. The summed E-state index contributed by atoms with van der Waals surface area (Å²) in [6.07, 6.45) is 0. The van der Waals surface area contributed by atoms with Crippen molar-refractivity contribution < 1.29 is 14.4 Å². The molecule has 108 valence electrons. The van der Waals surface area contributed by atoms with Crippen LogP contribution in [0.15, 0.2) is 24.3 Å². The molecule has 0 aromatic heterocycles. The van der Waals surface area contributed by atoms with Gasteiger partial charge in [0, 0.05) is 25.7 Å². The lowest BCUT2D eigenvalue weighted by Gasteiger charge is -2.23. The molecule has 3 amide bonds. The summed E-state index contributed by atoms with van der Waals surface area (Å²) in [7, 11) is 0. The molecule has 0 fully saturated rings. The quantitative estimate of drug-likeness (QED) is 0.660. The van der Waals surface area contributed by atoms with Gasteiger partial charge in [-0.25, -0.2) is 4.90 Å². The molecule has 0 unspecified atom stereocenters. The number of anilines is 2. The van der Waals surface area contributed by atoms with Gasteiger partial charge in [-0.15, -0.1) is 0 Å². The third-order valence-corrected chi connectivity index (χ3v) is 2.90. The highest BCUT2D eigenvalue weighted by atomic mass is 16.2. The van der Waals surface area contributed by atoms with Gasteiger partial charge in [-0.2, -0.15) is 0 Å². The number of hydrogen-bond acceptors (Lipinski definition) is 4. The summed E-state index contributed by atoms with van der Waals surface area (Å²) in [4.78, 5) is 38.2. The molecule has 2 N–H and O–H groups in total. The SMILES string of the molecule is CCN(CC)C(=O)C(=O)N(C(C)=O)c1ccc(N)cc1. The monoisotopic (exact) mass is 277 g/mol. The molecular formula is C14H19N3O3. The van der Waals surface area contributed by atoms with Crippen molar-refractivity contribution in [1.29, 1.82) is 0 Å². The van der Waals surface area contributed by atoms with Gasteiger partial charge in [0.2, 0.25) is 5.91 Å². The number of imide groups is 1. The fraction of sp³-hybridized carbons (Fsp3) is 0.357. The highest BCUT2D eigenvalue weighted by Gasteiger charge is 2.29. The molecule has 0 aliphatic heterocycles. The highest BCUT2D eigenvalue weighted by molar-refractivity contribution is 6.45. The Morgan fingerprint density at radius 1 is 1.00 bits per heavy atom. The Morgan fingerprint density at radius 3 is 1.90 bits per heavy atom. The number of nitrogens with zero attached hydrogens (tertiary/aromatic N) is 2. The number of nitrogen functional groups attached to an aromatic ring is 1. The molecular weight excluding hydrogens is 258 g/mol. The Hall–Kier alpha value is -2.37. The van der Waals surface area contributed by atoms with Crippen molar-refractivity contribution in [1.82, 2.24) is 4.90 Å². The van der Waals surface area contributed by atoms with Gasteiger partial charge in [-0.1, -0.05) is 0 Å². The summed E-state index contributed by atoms with van der Waals surface area (Å²) in [5.41, 5.74) is 6.41. The number of nitrogens with two attached hydrogens (primary N) is 1. The van der Waals surface area contributed by atoms with Crippen molar-refractivity contribution in [2.24, 2.45) is 0 Å². The fourth-order valence-electron chi connectivity index (χ4n) is 1.81. The zero-order chi connectivity index (χ0) is 15.3. The summed E-state index contributed by atoms with van der Waals surface area (Å²) in [5, 5.41) is 0. The first-order chi connectivity index (χ1) is 9.42. The van der Waals surface area contributed by atoms with Gasteiger partial charge >= 0.3 is 11.8 Å². The second-order valence-corrected chi connectivity index (χ2v) is 4.23. The Balaban J connectivity index is 3.08. The van der Waals surface area contributed by atoms with Gasteiger partial charge < -0.3 is 10.6 Å². The van der Waals surface area contributed by atoms with Crippen molar-refractivity contribution in [2.45, 2.75) is 20.8 Å². The molecule has 0 aliphatic carbocycles. The van der Waals surface area contributed by atoms with E-state index in [1.165, 1.54) is 24.0 Å². The molecule has 0 spiro atoms. The van der Waals surface area contributed by atoms with E-state index in [-0.39, 0.29) is 0 Å². The van der Waals surface area contributed by atoms with Crippen molar-refractivity contribution in [3.8, 4) is 0 Å². The largest absolute Gasteiger partial charge is 0.399 e. The molecule has 0 saturated heterocycles. The Labute approximate surface area is 118 Å². The van der Waals surface area contributed by atoms with E-state index in [1.807, 2.05) is 0 Å². The van der Waals surface area contributed by atoms with Crippen LogP contribution in [-0.2, 0) is 14.4 Å². The lowest BCUT2D eigenvalue weighted by atomic mass is 10.2. The first-order valence-corrected chi connectivity index (χ1v) is 6.41. The van der Waals surface area contributed by atoms with E-state index in [2.05, 4.69) is 0 Å². The number of carbonyl (C=O) groups is 3. The minimum Gasteiger partial charge on any atom is -0.399 e. The number of rotatable bonds is 3. The Kier molecular flexibility index (Phi) is 5.25. The zero-order valence-electron chi connectivity index (χ0n) is 11.9. The van der Waals surface area contributed by atoms with Crippen LogP contribution >= 0.6 is 0 Å². The third-order valence-electron chi connectivity index (χ3n) is 2.90. The molecule has 1 aromatic carbocycles. The second kappa shape index (κ2) is 6.70. The van der Waals surface area contributed by atoms with Crippen LogP contribution in [0.2, 0.25) is 0 Å². The molecule has 20 heavy (non-hydrogen) atoms. The van der Waals surface area contributed by atoms with E-state index >= 15 is 0 Å². The molecule has 1 aromatic rings. The maximum absolute atomic E-state index is 12.2. The first-order valence-electron chi connectivity index (χ1n) is 6.41. The number of amides is 3. The molecule has 6 heteroatoms. The van der Waals surface area contributed by atoms with E-state index in [0.717, 1.165) is 4.90 Å². The van der Waals surface area contributed by atoms with Crippen LogP contribution < -0.4 is 10.6 Å². The van der Waals surface area contributed by atoms with E-state index in [1.54, 1.807) is 26.0 Å². The van der Waals surface area contributed by atoms with Crippen LogP contribution in [-0.4, -0.2) is 35.7 Å². The highest BCUT2D eigenvalue weighted by Crippen LogP contribution is 2.17. The van der Waals surface area contributed by atoms with Gasteiger partial charge in [0.1, 0.15) is 0 Å². The van der Waals surface area contributed by atoms with Crippen LogP contribution in [0.5, 0.6) is 0 Å². The summed E-state index contributed by atoms with van der Waals surface area (Å²) in [6.45, 7) is 5.61. The lowest BCUT2D eigenvalue weighted by molar-refractivity contribution is -0.145. The van der Waals surface area contributed by atoms with Crippen molar-refractivity contribution in [2.75, 3.05) is 23.7 Å². The number of benzene rings is 1. The van der Waals surface area contributed by atoms with Crippen molar-refractivity contribution >= 4 is 29.1 Å². The third kappa shape index (κ3) is 3.34. The van der Waals surface area contributed by atoms with Crippen LogP contribution in [0.1, 0.15) is 20.8 Å². The minimum atomic E-state index is -0.856. The predicted molar refractivity (Wildman–Crippen MR) is 76.9 cm³/mol. The van der Waals surface area contributed by atoms with Gasteiger partial charge in [0.05, 0.1) is 5.69 Å². The minimum absolute atomic E-state index is 0.331. The van der Waals surface area contributed by atoms with Crippen LogP contribution in [0.4, 0.5) is 11.4 Å². The fourth-order valence-corrected chi connectivity index (χ4v) is 1.81. The van der Waals surface area contributed by atoms with E-state index in [4.69, 9.17) is 5.73 Å². The maximum atomic E-state index is 12.2. The average Bonchev–Trinajstić information content (AvgIpc) is 2.42. The van der Waals surface area contributed by atoms with Crippen molar-refractivity contribution in [3.05, 3.63) is 24.3 Å². The zero-order valence-corrected chi connectivity index (χ0v) is 11.9. The molecule has 6 nitrogen and oxygen atoms in total. The van der Waals surface area contributed by atoms with E-state index in [9.17, 15) is 14.4 Å². The average molecular weight is 277 g/mol. The normalized spacial score (nSPS) is 9.95. The topological polar surface area (TPSA) is 83.7 Å². The Morgan fingerprint density at radius 2 is 1.50 bits per heavy atom. The van der Waals surface area contributed by atoms with Gasteiger partial charge in [-0.05, 0) is 38.1 Å². The lowest BCUT2D eigenvalue weighted by Crippen LogP contribution is -2.47. The summed E-state index contributed by atoms with van der Waals surface area (Å²) < 4.78 is 0. The molecule has 0 saturated carbocycles. The number of hydrogen-bond donors (Lipinski definition) is 1. The van der Waals surface area contributed by atoms with Crippen LogP contribution in [0.25, 0.3) is 0 Å². The van der Waals surface area contributed by atoms with E-state index < -0.39 is 17.7 Å². The molecule has 0 bridgehead atoms. The van der Waals surface area contributed by atoms with E-state index in [0.29, 0.717) is 24.5 Å². The summed E-state index contributed by atoms with van der Waals surface area (Å²) in [5.74, 6) is -2.06. The Bertz CT molecular complexity index is 507. The molecule has 1 rings (SSSR count). The smallest absolute Gasteiger partial charge is 0.323 e. The standard InChI is InChI=1S/C14H19N3O3/c1-4-16(5-2)13(19)14(20)17(10(3)18)12-8-6-11(15)7-9-12/h6-9H,4-5,15H2,1-3H3. The predicted octanol–water partition coefficient (Wildman–Crippen LogP) is 1.02. The van der Waals surface area contributed by atoms with Crippen LogP contribution in [0, 0.1) is 0 Å².